The van der Waals surface area contributed by atoms with Gasteiger partial charge in [0.25, 0.3) is 0 Å². The maximum atomic E-state index is 12.9. The van der Waals surface area contributed by atoms with Gasteiger partial charge in [0.05, 0.1) is 0 Å². The monoisotopic (exact) mass is 1090 g/mol. The van der Waals surface area contributed by atoms with Crippen LogP contribution in [0.15, 0.2) is 60.8 Å². The lowest BCUT2D eigenvalue weighted by Crippen LogP contribution is -2.30. The first-order valence-electron chi connectivity index (χ1n) is 34.3. The van der Waals surface area contributed by atoms with Crippen molar-refractivity contribution < 1.29 is 28.6 Å². The number of hydrogen-bond donors (Lipinski definition) is 0. The first-order valence-corrected chi connectivity index (χ1v) is 34.3. The van der Waals surface area contributed by atoms with Crippen molar-refractivity contribution in [2.24, 2.45) is 0 Å². The number of ether oxygens (including phenoxy) is 3. The summed E-state index contributed by atoms with van der Waals surface area (Å²) in [6, 6.07) is 0. The number of carbonyl (C=O) groups is 3. The molecule has 0 radical (unpaired) electrons. The molecule has 0 aliphatic heterocycles. The maximum absolute atomic E-state index is 12.9. The van der Waals surface area contributed by atoms with Crippen LogP contribution in [0, 0.1) is 0 Å². The predicted molar refractivity (Wildman–Crippen MR) is 339 cm³/mol. The average Bonchev–Trinajstić information content (AvgIpc) is 3.44. The summed E-state index contributed by atoms with van der Waals surface area (Å²) in [6.07, 6.45) is 85.4. The summed E-state index contributed by atoms with van der Waals surface area (Å²) < 4.78 is 16.9. The SMILES string of the molecule is CC/C=C\C/C=C\C/C=C\C/C=C\CCCCCCCCCCCCCCC(=O)OCC(COC(=O)CCCCCCC/C=C\CCCC)OC(=O)CCCCCCCCCCCCCCCCCCCCCCCCCC. The zero-order valence-electron chi connectivity index (χ0n) is 52.2. The molecule has 0 spiro atoms. The van der Waals surface area contributed by atoms with Crippen molar-refractivity contribution in [3.63, 3.8) is 0 Å². The first-order chi connectivity index (χ1) is 38.5. The lowest BCUT2D eigenvalue weighted by Gasteiger charge is -2.18. The van der Waals surface area contributed by atoms with Crippen molar-refractivity contribution in [3.8, 4) is 0 Å². The predicted octanol–water partition coefficient (Wildman–Crippen LogP) is 23.5. The quantitative estimate of drug-likeness (QED) is 0.0261. The molecule has 0 heterocycles. The number of carbonyl (C=O) groups excluding carboxylic acids is 3. The fraction of sp³-hybridized carbons (Fsp3) is 0.819. The normalized spacial score (nSPS) is 12.4. The lowest BCUT2D eigenvalue weighted by atomic mass is 10.0. The summed E-state index contributed by atoms with van der Waals surface area (Å²) >= 11 is 0. The van der Waals surface area contributed by atoms with E-state index in [0.717, 1.165) is 89.9 Å². The molecule has 1 atom stereocenters. The molecule has 0 aromatic rings. The Morgan fingerprint density at radius 2 is 0.513 bits per heavy atom. The van der Waals surface area contributed by atoms with E-state index in [1.165, 1.54) is 231 Å². The van der Waals surface area contributed by atoms with Crippen LogP contribution in [-0.2, 0) is 28.6 Å². The van der Waals surface area contributed by atoms with Crippen molar-refractivity contribution in [1.82, 2.24) is 0 Å². The highest BCUT2D eigenvalue weighted by Crippen LogP contribution is 2.18. The Kier molecular flexibility index (Phi) is 64.2. The molecular weight excluding hydrogens is 961 g/mol. The van der Waals surface area contributed by atoms with E-state index in [0.29, 0.717) is 19.3 Å². The third-order valence-electron chi connectivity index (χ3n) is 15.3. The molecule has 0 N–H and O–H groups in total. The van der Waals surface area contributed by atoms with Crippen LogP contribution in [0.3, 0.4) is 0 Å². The number of unbranched alkanes of at least 4 members (excludes halogenated alkanes) is 42. The fourth-order valence-electron chi connectivity index (χ4n) is 10.1. The minimum absolute atomic E-state index is 0.0739. The molecule has 0 aromatic heterocycles. The summed E-state index contributed by atoms with van der Waals surface area (Å²) in [6.45, 7) is 6.54. The highest BCUT2D eigenvalue weighted by Gasteiger charge is 2.19. The van der Waals surface area contributed by atoms with Gasteiger partial charge in [-0.15, -0.1) is 0 Å². The Morgan fingerprint density at radius 1 is 0.269 bits per heavy atom. The molecule has 0 amide bonds. The van der Waals surface area contributed by atoms with E-state index >= 15 is 0 Å². The minimum atomic E-state index is -0.777. The molecule has 1 unspecified atom stereocenters. The van der Waals surface area contributed by atoms with Gasteiger partial charge < -0.3 is 14.2 Å². The second kappa shape index (κ2) is 66.6. The molecule has 78 heavy (non-hydrogen) atoms. The van der Waals surface area contributed by atoms with Gasteiger partial charge in [0.1, 0.15) is 13.2 Å². The smallest absolute Gasteiger partial charge is 0.306 e. The van der Waals surface area contributed by atoms with E-state index in [1.54, 1.807) is 0 Å². The summed E-state index contributed by atoms with van der Waals surface area (Å²) in [5, 5.41) is 0. The fourth-order valence-corrected chi connectivity index (χ4v) is 10.1. The minimum Gasteiger partial charge on any atom is -0.462 e. The van der Waals surface area contributed by atoms with Crippen molar-refractivity contribution >= 4 is 17.9 Å². The molecular formula is C72H130O6. The largest absolute Gasteiger partial charge is 0.462 e. The molecule has 454 valence electrons. The van der Waals surface area contributed by atoms with Gasteiger partial charge in [-0.2, -0.15) is 0 Å². The molecule has 0 aromatic carbocycles. The van der Waals surface area contributed by atoms with E-state index in [1.807, 2.05) is 0 Å². The van der Waals surface area contributed by atoms with E-state index in [4.69, 9.17) is 14.2 Å². The second-order valence-electron chi connectivity index (χ2n) is 23.1. The Balaban J connectivity index is 4.20. The first kappa shape index (κ1) is 75.1. The summed E-state index contributed by atoms with van der Waals surface area (Å²) in [5.41, 5.74) is 0. The van der Waals surface area contributed by atoms with Crippen molar-refractivity contribution in [2.45, 2.75) is 367 Å². The Morgan fingerprint density at radius 3 is 0.833 bits per heavy atom. The van der Waals surface area contributed by atoms with Crippen LogP contribution in [0.25, 0.3) is 0 Å². The molecule has 0 bridgehead atoms. The highest BCUT2D eigenvalue weighted by atomic mass is 16.6. The molecule has 0 saturated carbocycles. The number of esters is 3. The number of rotatable bonds is 63. The zero-order valence-corrected chi connectivity index (χ0v) is 52.2. The lowest BCUT2D eigenvalue weighted by molar-refractivity contribution is -0.167. The van der Waals surface area contributed by atoms with Crippen molar-refractivity contribution in [3.05, 3.63) is 60.8 Å². The third-order valence-corrected chi connectivity index (χ3v) is 15.3. The molecule has 0 saturated heterocycles. The Bertz CT molecular complexity index is 1390. The second-order valence-corrected chi connectivity index (χ2v) is 23.1. The third kappa shape index (κ3) is 63.9. The van der Waals surface area contributed by atoms with Gasteiger partial charge in [0.2, 0.25) is 0 Å². The summed E-state index contributed by atoms with van der Waals surface area (Å²) in [7, 11) is 0. The zero-order chi connectivity index (χ0) is 56.4. The van der Waals surface area contributed by atoms with E-state index in [9.17, 15) is 14.4 Å². The highest BCUT2D eigenvalue weighted by molar-refractivity contribution is 5.71. The molecule has 0 aliphatic rings. The Labute approximate surface area is 485 Å². The molecule has 6 heteroatoms. The van der Waals surface area contributed by atoms with Gasteiger partial charge >= 0.3 is 17.9 Å². The van der Waals surface area contributed by atoms with Crippen LogP contribution < -0.4 is 0 Å². The standard InChI is InChI=1S/C72H130O6/c1-4-7-10-13-16-19-22-24-26-28-30-32-34-36-38-39-41-43-45-47-50-53-56-59-62-65-71(74)77-68-69(67-76-70(73)64-61-58-55-52-49-21-18-15-12-9-6-3)78-72(75)66-63-60-57-54-51-48-46-44-42-40-37-35-33-31-29-27-25-23-20-17-14-11-8-5-2/h7,10,15-16,18-19,24,26,30,32,69H,4-6,8-9,11-14,17,20-23,25,27-29,31,33-68H2,1-3H3/b10-7-,18-15-,19-16-,26-24-,32-30-. The van der Waals surface area contributed by atoms with Crippen molar-refractivity contribution in [1.29, 1.82) is 0 Å². The van der Waals surface area contributed by atoms with Gasteiger partial charge in [0.15, 0.2) is 6.10 Å². The number of hydrogen-bond acceptors (Lipinski definition) is 6. The topological polar surface area (TPSA) is 78.9 Å². The van der Waals surface area contributed by atoms with Crippen LogP contribution >= 0.6 is 0 Å². The summed E-state index contributed by atoms with van der Waals surface area (Å²) in [4.78, 5) is 38.3. The van der Waals surface area contributed by atoms with Crippen LogP contribution in [-0.4, -0.2) is 37.2 Å². The van der Waals surface area contributed by atoms with Crippen molar-refractivity contribution in [2.75, 3.05) is 13.2 Å². The molecule has 6 nitrogen and oxygen atoms in total. The average molecular weight is 1090 g/mol. The van der Waals surface area contributed by atoms with Gasteiger partial charge in [0, 0.05) is 19.3 Å². The van der Waals surface area contributed by atoms with Crippen LogP contribution in [0.2, 0.25) is 0 Å². The van der Waals surface area contributed by atoms with Gasteiger partial charge in [-0.05, 0) is 77.0 Å². The maximum Gasteiger partial charge on any atom is 0.306 e. The molecule has 0 fully saturated rings. The van der Waals surface area contributed by atoms with Gasteiger partial charge in [-0.1, -0.05) is 326 Å². The van der Waals surface area contributed by atoms with Crippen LogP contribution in [0.1, 0.15) is 361 Å². The summed E-state index contributed by atoms with van der Waals surface area (Å²) in [5.74, 6) is -0.864. The van der Waals surface area contributed by atoms with Gasteiger partial charge in [-0.3, -0.25) is 14.4 Å². The van der Waals surface area contributed by atoms with Gasteiger partial charge in [-0.25, -0.2) is 0 Å². The van der Waals surface area contributed by atoms with E-state index < -0.39 is 6.10 Å². The van der Waals surface area contributed by atoms with E-state index in [2.05, 4.69) is 81.5 Å². The van der Waals surface area contributed by atoms with Crippen LogP contribution in [0.5, 0.6) is 0 Å². The Hall–Kier alpha value is -2.89. The molecule has 0 rings (SSSR count). The van der Waals surface area contributed by atoms with Crippen LogP contribution in [0.4, 0.5) is 0 Å². The number of allylic oxidation sites excluding steroid dienone is 10. The molecule has 0 aliphatic carbocycles. The van der Waals surface area contributed by atoms with E-state index in [-0.39, 0.29) is 31.1 Å².